The van der Waals surface area contributed by atoms with Crippen LogP contribution in [-0.2, 0) is 5.54 Å². The summed E-state index contributed by atoms with van der Waals surface area (Å²) >= 11 is 0. The van der Waals surface area contributed by atoms with Crippen LogP contribution in [0, 0.1) is 0 Å². The molecule has 0 aliphatic carbocycles. The zero-order valence-corrected chi connectivity index (χ0v) is 11.2. The molecule has 0 aliphatic heterocycles. The van der Waals surface area contributed by atoms with Crippen molar-refractivity contribution in [2.45, 2.75) is 26.3 Å². The van der Waals surface area contributed by atoms with E-state index in [1.165, 1.54) is 0 Å². The first-order chi connectivity index (χ1) is 8.97. The summed E-state index contributed by atoms with van der Waals surface area (Å²) in [5.74, 6) is 1.28. The number of hydrogen-bond donors (Lipinski definition) is 2. The predicted molar refractivity (Wildman–Crippen MR) is 74.5 cm³/mol. The second kappa shape index (κ2) is 3.81. The minimum absolute atomic E-state index is 0.106. The van der Waals surface area contributed by atoms with Crippen molar-refractivity contribution in [3.8, 4) is 11.5 Å². The lowest BCUT2D eigenvalue weighted by atomic mass is 10.1. The van der Waals surface area contributed by atoms with Gasteiger partial charge in [-0.25, -0.2) is 4.98 Å². The SMILES string of the molecule is CC(C)(C)n1c(-c2cc(N)n[nH]2)nc2cnccc21. The zero-order chi connectivity index (χ0) is 13.6. The van der Waals surface area contributed by atoms with Gasteiger partial charge in [-0.05, 0) is 26.8 Å². The van der Waals surface area contributed by atoms with Gasteiger partial charge in [-0.15, -0.1) is 0 Å². The van der Waals surface area contributed by atoms with Crippen molar-refractivity contribution >= 4 is 16.9 Å². The molecule has 0 fully saturated rings. The third-order valence-corrected chi connectivity index (χ3v) is 2.97. The highest BCUT2D eigenvalue weighted by molar-refractivity contribution is 5.79. The highest BCUT2D eigenvalue weighted by Gasteiger charge is 2.23. The van der Waals surface area contributed by atoms with Gasteiger partial charge in [0, 0.05) is 17.8 Å². The summed E-state index contributed by atoms with van der Waals surface area (Å²) in [6.45, 7) is 6.41. The number of nitrogens with two attached hydrogens (primary N) is 1. The zero-order valence-electron chi connectivity index (χ0n) is 11.2. The topological polar surface area (TPSA) is 85.4 Å². The fourth-order valence-corrected chi connectivity index (χ4v) is 2.24. The molecule has 0 spiro atoms. The van der Waals surface area contributed by atoms with Crippen LogP contribution in [-0.4, -0.2) is 24.7 Å². The van der Waals surface area contributed by atoms with Gasteiger partial charge in [0.1, 0.15) is 17.0 Å². The average Bonchev–Trinajstić information content (AvgIpc) is 2.90. The second-order valence-electron chi connectivity index (χ2n) is 5.51. The lowest BCUT2D eigenvalue weighted by Gasteiger charge is -2.24. The first-order valence-corrected chi connectivity index (χ1v) is 6.11. The summed E-state index contributed by atoms with van der Waals surface area (Å²) in [4.78, 5) is 8.76. The Kier molecular flexibility index (Phi) is 2.35. The summed E-state index contributed by atoms with van der Waals surface area (Å²) in [5.41, 5.74) is 8.29. The molecule has 3 heterocycles. The molecule has 0 aromatic carbocycles. The molecular formula is C13H16N6. The molecule has 3 aromatic heterocycles. The van der Waals surface area contributed by atoms with Crippen LogP contribution in [0.25, 0.3) is 22.6 Å². The molecule has 98 valence electrons. The van der Waals surface area contributed by atoms with E-state index in [-0.39, 0.29) is 5.54 Å². The summed E-state index contributed by atoms with van der Waals surface area (Å²) < 4.78 is 2.16. The van der Waals surface area contributed by atoms with Gasteiger partial charge in [-0.3, -0.25) is 10.1 Å². The van der Waals surface area contributed by atoms with Gasteiger partial charge in [0.15, 0.2) is 5.82 Å². The summed E-state index contributed by atoms with van der Waals surface area (Å²) in [7, 11) is 0. The molecule has 3 aromatic rings. The van der Waals surface area contributed by atoms with Crippen molar-refractivity contribution in [3.05, 3.63) is 24.5 Å². The van der Waals surface area contributed by atoms with E-state index < -0.39 is 0 Å². The van der Waals surface area contributed by atoms with E-state index in [2.05, 4.69) is 45.5 Å². The molecule has 0 atom stereocenters. The van der Waals surface area contributed by atoms with Crippen molar-refractivity contribution < 1.29 is 0 Å². The lowest BCUT2D eigenvalue weighted by molar-refractivity contribution is 0.412. The fourth-order valence-electron chi connectivity index (χ4n) is 2.24. The monoisotopic (exact) mass is 256 g/mol. The van der Waals surface area contributed by atoms with E-state index in [0.29, 0.717) is 5.82 Å². The molecule has 3 rings (SSSR count). The number of rotatable bonds is 1. The Morgan fingerprint density at radius 2 is 2.11 bits per heavy atom. The molecule has 0 amide bonds. The smallest absolute Gasteiger partial charge is 0.159 e. The second-order valence-corrected chi connectivity index (χ2v) is 5.51. The molecule has 0 unspecified atom stereocenters. The van der Waals surface area contributed by atoms with Crippen LogP contribution in [0.15, 0.2) is 24.5 Å². The first-order valence-electron chi connectivity index (χ1n) is 6.11. The van der Waals surface area contributed by atoms with Crippen LogP contribution < -0.4 is 5.73 Å². The molecule has 0 bridgehead atoms. The molecule has 0 radical (unpaired) electrons. The van der Waals surface area contributed by atoms with Gasteiger partial charge in [0.25, 0.3) is 0 Å². The number of nitrogens with one attached hydrogen (secondary N) is 1. The Morgan fingerprint density at radius 3 is 2.74 bits per heavy atom. The lowest BCUT2D eigenvalue weighted by Crippen LogP contribution is -2.22. The molecule has 6 heteroatoms. The molecule has 0 saturated heterocycles. The van der Waals surface area contributed by atoms with E-state index >= 15 is 0 Å². The highest BCUT2D eigenvalue weighted by Crippen LogP contribution is 2.30. The van der Waals surface area contributed by atoms with Crippen molar-refractivity contribution in [3.63, 3.8) is 0 Å². The van der Waals surface area contributed by atoms with E-state index in [9.17, 15) is 0 Å². The number of H-pyrrole nitrogens is 1. The standard InChI is InChI=1S/C13H16N6/c1-13(2,3)19-10-4-5-15-7-9(10)16-12(19)8-6-11(14)18-17-8/h4-7H,1-3H3,(H3,14,17,18). The van der Waals surface area contributed by atoms with Gasteiger partial charge in [-0.2, -0.15) is 5.10 Å². The van der Waals surface area contributed by atoms with E-state index in [1.807, 2.05) is 6.07 Å². The quantitative estimate of drug-likeness (QED) is 0.698. The van der Waals surface area contributed by atoms with Crippen LogP contribution in [0.5, 0.6) is 0 Å². The fraction of sp³-hybridized carbons (Fsp3) is 0.308. The Hall–Kier alpha value is -2.37. The number of nitrogens with zero attached hydrogens (tertiary/aromatic N) is 4. The Morgan fingerprint density at radius 1 is 1.32 bits per heavy atom. The number of pyridine rings is 1. The molecule has 0 saturated carbocycles. The number of fused-ring (bicyclic) bond motifs is 1. The summed E-state index contributed by atoms with van der Waals surface area (Å²) in [6.07, 6.45) is 3.54. The van der Waals surface area contributed by atoms with Crippen LogP contribution in [0.3, 0.4) is 0 Å². The Labute approximate surface area is 110 Å². The third-order valence-electron chi connectivity index (χ3n) is 2.97. The highest BCUT2D eigenvalue weighted by atomic mass is 15.2. The molecule has 19 heavy (non-hydrogen) atoms. The van der Waals surface area contributed by atoms with Crippen molar-refractivity contribution in [2.24, 2.45) is 0 Å². The largest absolute Gasteiger partial charge is 0.382 e. The van der Waals surface area contributed by atoms with E-state index in [0.717, 1.165) is 22.6 Å². The number of hydrogen-bond acceptors (Lipinski definition) is 4. The number of anilines is 1. The first kappa shape index (κ1) is 11.7. The predicted octanol–water partition coefficient (Wildman–Crippen LogP) is 2.16. The van der Waals surface area contributed by atoms with E-state index in [1.54, 1.807) is 18.5 Å². The maximum absolute atomic E-state index is 5.68. The normalized spacial score (nSPS) is 12.2. The average molecular weight is 256 g/mol. The van der Waals surface area contributed by atoms with Crippen molar-refractivity contribution in [1.82, 2.24) is 24.7 Å². The van der Waals surface area contributed by atoms with Crippen LogP contribution >= 0.6 is 0 Å². The van der Waals surface area contributed by atoms with Gasteiger partial charge < -0.3 is 10.3 Å². The van der Waals surface area contributed by atoms with Gasteiger partial charge in [-0.1, -0.05) is 0 Å². The number of aromatic nitrogens is 5. The molecule has 6 nitrogen and oxygen atoms in total. The van der Waals surface area contributed by atoms with Crippen molar-refractivity contribution in [2.75, 3.05) is 5.73 Å². The third kappa shape index (κ3) is 1.85. The van der Waals surface area contributed by atoms with E-state index in [4.69, 9.17) is 5.73 Å². The minimum Gasteiger partial charge on any atom is -0.382 e. The van der Waals surface area contributed by atoms with Gasteiger partial charge in [0.05, 0.1) is 11.7 Å². The number of imidazole rings is 1. The maximum atomic E-state index is 5.68. The van der Waals surface area contributed by atoms with Crippen LogP contribution in [0.1, 0.15) is 20.8 Å². The molecular weight excluding hydrogens is 240 g/mol. The summed E-state index contributed by atoms with van der Waals surface area (Å²) in [6, 6.07) is 3.76. The Balaban J connectivity index is 2.35. The van der Waals surface area contributed by atoms with Gasteiger partial charge in [0.2, 0.25) is 0 Å². The number of aromatic amines is 1. The minimum atomic E-state index is -0.106. The maximum Gasteiger partial charge on any atom is 0.159 e. The van der Waals surface area contributed by atoms with Crippen molar-refractivity contribution in [1.29, 1.82) is 0 Å². The van der Waals surface area contributed by atoms with Gasteiger partial charge >= 0.3 is 0 Å². The van der Waals surface area contributed by atoms with Crippen LogP contribution in [0.4, 0.5) is 5.82 Å². The molecule has 3 N–H and O–H groups in total. The summed E-state index contributed by atoms with van der Waals surface area (Å²) in [5, 5.41) is 6.89. The molecule has 0 aliphatic rings. The number of nitrogen functional groups attached to an aromatic ring is 1. The van der Waals surface area contributed by atoms with Crippen LogP contribution in [0.2, 0.25) is 0 Å². The Bertz CT molecular complexity index is 731.